The van der Waals surface area contributed by atoms with Gasteiger partial charge >= 0.3 is 6.09 Å². The quantitative estimate of drug-likeness (QED) is 0.0848. The lowest BCUT2D eigenvalue weighted by atomic mass is 9.87. The lowest BCUT2D eigenvalue weighted by Gasteiger charge is -2.38. The third kappa shape index (κ3) is 9.94. The van der Waals surface area contributed by atoms with Gasteiger partial charge in [-0.05, 0) is 59.9 Å². The summed E-state index contributed by atoms with van der Waals surface area (Å²) in [5.41, 5.74) is 5.47. The largest absolute Gasteiger partial charge is 0.496 e. The predicted octanol–water partition coefficient (Wildman–Crippen LogP) is 8.38. The number of nitrogens with zero attached hydrogens (tertiary/aromatic N) is 2. The second-order valence-electron chi connectivity index (χ2n) is 13.1. The molecule has 1 aliphatic rings. The van der Waals surface area contributed by atoms with Gasteiger partial charge in [0.15, 0.2) is 0 Å². The first kappa shape index (κ1) is 36.9. The van der Waals surface area contributed by atoms with Crippen LogP contribution in [-0.2, 0) is 45.3 Å². The first-order valence-electron chi connectivity index (χ1n) is 18.2. The number of amides is 1. The van der Waals surface area contributed by atoms with Crippen molar-refractivity contribution in [3.8, 4) is 11.5 Å². The maximum Gasteiger partial charge on any atom is 0.410 e. The van der Waals surface area contributed by atoms with Gasteiger partial charge in [-0.25, -0.2) is 4.79 Å². The lowest BCUT2D eigenvalue weighted by Crippen LogP contribution is -2.47. The topological polar surface area (TPSA) is 80.6 Å². The molecule has 1 aromatic heterocycles. The number of para-hydroxylation sites is 1. The number of ether oxygens (including phenoxy) is 6. The molecule has 0 bridgehead atoms. The van der Waals surface area contributed by atoms with Crippen molar-refractivity contribution in [1.82, 2.24) is 9.47 Å². The number of aromatic nitrogens is 1. The molecule has 0 N–H and O–H groups in total. The summed E-state index contributed by atoms with van der Waals surface area (Å²) in [7, 11) is 3.41. The molecule has 52 heavy (non-hydrogen) atoms. The number of carbonyl (C=O) groups is 1. The Morgan fingerprint density at radius 2 is 1.58 bits per heavy atom. The van der Waals surface area contributed by atoms with Crippen molar-refractivity contribution in [2.24, 2.45) is 0 Å². The van der Waals surface area contributed by atoms with E-state index in [2.05, 4.69) is 47.2 Å². The van der Waals surface area contributed by atoms with Crippen LogP contribution in [0.4, 0.5) is 4.79 Å². The summed E-state index contributed by atoms with van der Waals surface area (Å²) in [5.74, 6) is 1.75. The van der Waals surface area contributed by atoms with Crippen molar-refractivity contribution in [2.75, 3.05) is 47.1 Å². The summed E-state index contributed by atoms with van der Waals surface area (Å²) in [6.07, 6.45) is 4.08. The summed E-state index contributed by atoms with van der Waals surface area (Å²) in [6, 6.07) is 34.5. The van der Waals surface area contributed by atoms with Gasteiger partial charge in [-0.3, -0.25) is 0 Å². The zero-order valence-electron chi connectivity index (χ0n) is 30.3. The van der Waals surface area contributed by atoms with Crippen LogP contribution >= 0.6 is 0 Å². The highest BCUT2D eigenvalue weighted by Crippen LogP contribution is 2.33. The fraction of sp³-hybridized carbons (Fsp3) is 0.372. The van der Waals surface area contributed by atoms with Crippen molar-refractivity contribution >= 4 is 17.0 Å². The van der Waals surface area contributed by atoms with Crippen molar-refractivity contribution in [3.05, 3.63) is 132 Å². The third-order valence-corrected chi connectivity index (χ3v) is 9.59. The Bertz CT molecular complexity index is 1820. The second kappa shape index (κ2) is 19.1. The maximum absolute atomic E-state index is 13.2. The molecule has 2 heterocycles. The normalized spacial score (nSPS) is 15.8. The number of fused-ring (bicyclic) bond motifs is 1. The Balaban J connectivity index is 1.07. The number of carbonyl (C=O) groups excluding carboxylic acids is 1. The average molecular weight is 707 g/mol. The monoisotopic (exact) mass is 706 g/mol. The van der Waals surface area contributed by atoms with Gasteiger partial charge in [-0.2, -0.15) is 0 Å². The molecule has 1 aliphatic heterocycles. The van der Waals surface area contributed by atoms with E-state index >= 15 is 0 Å². The highest BCUT2D eigenvalue weighted by atomic mass is 16.6. The minimum Gasteiger partial charge on any atom is -0.496 e. The van der Waals surface area contributed by atoms with E-state index in [1.54, 1.807) is 19.1 Å². The van der Waals surface area contributed by atoms with E-state index < -0.39 is 0 Å². The Kier molecular flexibility index (Phi) is 13.6. The SMILES string of the molecule is COCCCn1ccc2c(COC3CN(C(=O)OCc4ccccc4)CCC3c3ccc(OCCCOCc4ccccc4OC)cc3)cccc21. The molecule has 1 amide bonds. The van der Waals surface area contributed by atoms with Crippen LogP contribution in [0.25, 0.3) is 10.9 Å². The zero-order chi connectivity index (χ0) is 36.0. The molecule has 9 nitrogen and oxygen atoms in total. The van der Waals surface area contributed by atoms with E-state index in [1.165, 1.54) is 10.9 Å². The molecule has 6 rings (SSSR count). The Morgan fingerprint density at radius 3 is 2.40 bits per heavy atom. The number of methoxy groups -OCH3 is 2. The van der Waals surface area contributed by atoms with Crippen LogP contribution in [0, 0.1) is 0 Å². The molecule has 2 unspecified atom stereocenters. The van der Waals surface area contributed by atoms with Gasteiger partial charge in [0.1, 0.15) is 18.1 Å². The molecule has 5 aromatic rings. The van der Waals surface area contributed by atoms with Gasteiger partial charge in [-0.1, -0.05) is 72.8 Å². The van der Waals surface area contributed by atoms with Gasteiger partial charge in [0.05, 0.1) is 46.2 Å². The zero-order valence-corrected chi connectivity index (χ0v) is 30.3. The second-order valence-corrected chi connectivity index (χ2v) is 13.1. The summed E-state index contributed by atoms with van der Waals surface area (Å²) < 4.78 is 37.3. The van der Waals surface area contributed by atoms with E-state index in [9.17, 15) is 4.79 Å². The van der Waals surface area contributed by atoms with E-state index in [-0.39, 0.29) is 24.7 Å². The average Bonchev–Trinajstić information content (AvgIpc) is 3.61. The van der Waals surface area contributed by atoms with E-state index in [1.807, 2.05) is 66.7 Å². The van der Waals surface area contributed by atoms with E-state index in [4.69, 9.17) is 28.4 Å². The Hall–Kier alpha value is -4.83. The van der Waals surface area contributed by atoms with Crippen LogP contribution in [0.2, 0.25) is 0 Å². The first-order chi connectivity index (χ1) is 25.6. The molecule has 0 spiro atoms. The van der Waals surface area contributed by atoms with Gasteiger partial charge in [-0.15, -0.1) is 0 Å². The molecule has 4 aromatic carbocycles. The number of rotatable bonds is 18. The Labute approximate surface area is 307 Å². The number of hydrogen-bond donors (Lipinski definition) is 0. The summed E-state index contributed by atoms with van der Waals surface area (Å²) >= 11 is 0. The molecular weight excluding hydrogens is 656 g/mol. The van der Waals surface area contributed by atoms with Crippen LogP contribution in [0.15, 0.2) is 109 Å². The number of hydrogen-bond acceptors (Lipinski definition) is 7. The molecule has 9 heteroatoms. The van der Waals surface area contributed by atoms with Gasteiger partial charge in [0, 0.05) is 61.8 Å². The molecule has 1 saturated heterocycles. The number of likely N-dealkylation sites (tertiary alicyclic amines) is 1. The molecule has 0 radical (unpaired) electrons. The van der Waals surface area contributed by atoms with Crippen molar-refractivity contribution in [2.45, 2.75) is 57.6 Å². The smallest absolute Gasteiger partial charge is 0.410 e. The number of piperidine rings is 1. The lowest BCUT2D eigenvalue weighted by molar-refractivity contribution is -0.0242. The number of aryl methyl sites for hydroxylation is 1. The minimum absolute atomic E-state index is 0.105. The van der Waals surface area contributed by atoms with Crippen LogP contribution in [0.5, 0.6) is 11.5 Å². The molecule has 2 atom stereocenters. The van der Waals surface area contributed by atoms with Crippen LogP contribution < -0.4 is 9.47 Å². The fourth-order valence-electron chi connectivity index (χ4n) is 6.79. The number of benzene rings is 4. The van der Waals surface area contributed by atoms with Gasteiger partial charge in [0.2, 0.25) is 0 Å². The fourth-order valence-corrected chi connectivity index (χ4v) is 6.79. The third-order valence-electron chi connectivity index (χ3n) is 9.59. The first-order valence-corrected chi connectivity index (χ1v) is 18.2. The summed E-state index contributed by atoms with van der Waals surface area (Å²) in [6.45, 7) is 4.98. The summed E-state index contributed by atoms with van der Waals surface area (Å²) in [5, 5.41) is 1.18. The predicted molar refractivity (Wildman–Crippen MR) is 202 cm³/mol. The Morgan fingerprint density at radius 1 is 0.769 bits per heavy atom. The molecule has 1 fully saturated rings. The minimum atomic E-state index is -0.318. The highest BCUT2D eigenvalue weighted by molar-refractivity contribution is 5.83. The van der Waals surface area contributed by atoms with Crippen molar-refractivity contribution in [3.63, 3.8) is 0 Å². The highest BCUT2D eigenvalue weighted by Gasteiger charge is 2.34. The van der Waals surface area contributed by atoms with E-state index in [0.29, 0.717) is 39.5 Å². The standard InChI is InChI=1S/C43H50N2O7/c1-47-26-9-23-44-24-21-38-35(14-8-15-40(38)44)32-51-42-29-45(43(46)52-30-33-11-4-3-5-12-33)25-22-39(42)34-17-19-37(20-18-34)50-28-10-27-49-31-36-13-6-7-16-41(36)48-2/h3-8,11-21,24,39,42H,9-10,22-23,25-32H2,1-2H3. The molecule has 0 aliphatic carbocycles. The van der Waals surface area contributed by atoms with Crippen LogP contribution in [-0.4, -0.2) is 68.8 Å². The molecule has 0 saturated carbocycles. The van der Waals surface area contributed by atoms with Crippen LogP contribution in [0.3, 0.4) is 0 Å². The molecular formula is C43H50N2O7. The molecule has 274 valence electrons. The van der Waals surface area contributed by atoms with Crippen molar-refractivity contribution in [1.29, 1.82) is 0 Å². The summed E-state index contributed by atoms with van der Waals surface area (Å²) in [4.78, 5) is 15.0. The van der Waals surface area contributed by atoms with Crippen LogP contribution in [0.1, 0.15) is 47.4 Å². The maximum atomic E-state index is 13.2. The van der Waals surface area contributed by atoms with Crippen molar-refractivity contribution < 1.29 is 33.2 Å². The van der Waals surface area contributed by atoms with Gasteiger partial charge in [0.25, 0.3) is 0 Å². The van der Waals surface area contributed by atoms with E-state index in [0.717, 1.165) is 66.2 Å². The van der Waals surface area contributed by atoms with Gasteiger partial charge < -0.3 is 37.9 Å².